The number of likely N-dealkylation sites (N-methyl/N-ethyl adjacent to an activating group) is 1. The van der Waals surface area contributed by atoms with E-state index < -0.39 is 5.97 Å². The molecule has 0 aliphatic rings. The second kappa shape index (κ2) is 12.4. The number of para-hydroxylation sites is 1. The highest BCUT2D eigenvalue weighted by atomic mass is 127. The highest BCUT2D eigenvalue weighted by Gasteiger charge is 2.18. The molecule has 0 spiro atoms. The number of aliphatic carboxylic acids is 1. The number of ketones is 1. The monoisotopic (exact) mass is 649 g/mol. The van der Waals surface area contributed by atoms with Crippen LogP contribution in [0.5, 0.6) is 5.75 Å². The molecule has 0 fully saturated rings. The fourth-order valence-corrected chi connectivity index (χ4v) is 4.96. The van der Waals surface area contributed by atoms with Crippen molar-refractivity contribution in [3.05, 3.63) is 60.9 Å². The number of nitrogens with zero attached hydrogens (tertiary/aromatic N) is 1. The van der Waals surface area contributed by atoms with E-state index >= 15 is 0 Å². The fourth-order valence-electron chi connectivity index (χ4n) is 2.88. The second-order valence-electron chi connectivity index (χ2n) is 6.64. The standard InChI is InChI=1S/C21H21I2NO3.C2H4O2/c1-3-24(4-2)9-10-26-21-16(22)11-15(12-17(21)23)20(25)19-13-14-7-5-6-8-18(14)27-19;1-2(3)4/h5-8,11-13H,3-4,9-10H2,1-2H3;1H3,(H,3,4). The van der Waals surface area contributed by atoms with Gasteiger partial charge >= 0.3 is 0 Å². The van der Waals surface area contributed by atoms with Crippen LogP contribution in [0.3, 0.4) is 0 Å². The minimum atomic E-state index is -0.833. The van der Waals surface area contributed by atoms with Crippen LogP contribution in [0.15, 0.2) is 46.9 Å². The van der Waals surface area contributed by atoms with Gasteiger partial charge in [-0.3, -0.25) is 9.59 Å². The van der Waals surface area contributed by atoms with Crippen molar-refractivity contribution in [2.75, 3.05) is 26.2 Å². The zero-order valence-electron chi connectivity index (χ0n) is 17.7. The lowest BCUT2D eigenvalue weighted by Crippen LogP contribution is -2.28. The number of hydrogen-bond donors (Lipinski definition) is 1. The van der Waals surface area contributed by atoms with Crippen molar-refractivity contribution in [3.8, 4) is 5.75 Å². The third-order valence-electron chi connectivity index (χ3n) is 4.46. The number of hydrogen-bond acceptors (Lipinski definition) is 5. The van der Waals surface area contributed by atoms with E-state index in [1.54, 1.807) is 6.07 Å². The molecule has 0 radical (unpaired) electrons. The molecule has 0 bridgehead atoms. The quantitative estimate of drug-likeness (QED) is 0.250. The molecular formula is C23H25I2NO5. The first kappa shape index (κ1) is 25.6. The van der Waals surface area contributed by atoms with Gasteiger partial charge in [-0.05, 0) is 82.5 Å². The largest absolute Gasteiger partial charge is 0.490 e. The minimum Gasteiger partial charge on any atom is -0.490 e. The summed E-state index contributed by atoms with van der Waals surface area (Å²) >= 11 is 4.46. The molecule has 6 nitrogen and oxygen atoms in total. The first-order chi connectivity index (χ1) is 14.8. The molecule has 3 rings (SSSR count). The summed E-state index contributed by atoms with van der Waals surface area (Å²) in [5.41, 5.74) is 1.33. The number of carbonyl (C=O) groups excluding carboxylic acids is 1. The maximum Gasteiger partial charge on any atom is 0.300 e. The Morgan fingerprint density at radius 1 is 1.06 bits per heavy atom. The van der Waals surface area contributed by atoms with Crippen LogP contribution >= 0.6 is 45.2 Å². The number of benzene rings is 2. The van der Waals surface area contributed by atoms with E-state index in [-0.39, 0.29) is 5.78 Å². The lowest BCUT2D eigenvalue weighted by Gasteiger charge is -2.19. The third kappa shape index (κ3) is 7.46. The molecule has 2 aromatic carbocycles. The Bertz CT molecular complexity index is 983. The smallest absolute Gasteiger partial charge is 0.300 e. The van der Waals surface area contributed by atoms with Crippen LogP contribution in [0, 0.1) is 7.14 Å². The third-order valence-corrected chi connectivity index (χ3v) is 6.06. The van der Waals surface area contributed by atoms with E-state index in [2.05, 4.69) is 63.9 Å². The number of carboxylic acids is 1. The predicted molar refractivity (Wildman–Crippen MR) is 138 cm³/mol. The molecule has 0 saturated carbocycles. The van der Waals surface area contributed by atoms with Crippen molar-refractivity contribution in [2.24, 2.45) is 0 Å². The summed E-state index contributed by atoms with van der Waals surface area (Å²) in [7, 11) is 0. The Kier molecular flexibility index (Phi) is 10.2. The second-order valence-corrected chi connectivity index (χ2v) is 8.97. The molecule has 8 heteroatoms. The Morgan fingerprint density at radius 3 is 2.19 bits per heavy atom. The first-order valence-corrected chi connectivity index (χ1v) is 12.0. The van der Waals surface area contributed by atoms with Gasteiger partial charge < -0.3 is 19.2 Å². The Morgan fingerprint density at radius 2 is 1.65 bits per heavy atom. The molecule has 3 aromatic rings. The number of ether oxygens (including phenoxy) is 1. The molecular weight excluding hydrogens is 624 g/mol. The van der Waals surface area contributed by atoms with Gasteiger partial charge in [0, 0.05) is 24.4 Å². The summed E-state index contributed by atoms with van der Waals surface area (Å²) < 4.78 is 13.6. The van der Waals surface area contributed by atoms with Crippen molar-refractivity contribution in [1.29, 1.82) is 0 Å². The van der Waals surface area contributed by atoms with Crippen LogP contribution < -0.4 is 4.74 Å². The van der Waals surface area contributed by atoms with Gasteiger partial charge in [0.25, 0.3) is 5.97 Å². The van der Waals surface area contributed by atoms with Crippen LogP contribution in [0.2, 0.25) is 0 Å². The van der Waals surface area contributed by atoms with Crippen LogP contribution in [-0.2, 0) is 4.79 Å². The van der Waals surface area contributed by atoms with Crippen LogP contribution in [-0.4, -0.2) is 48.0 Å². The molecule has 0 atom stereocenters. The molecule has 0 aliphatic heterocycles. The van der Waals surface area contributed by atoms with Gasteiger partial charge in [0.2, 0.25) is 5.78 Å². The molecule has 0 unspecified atom stereocenters. The van der Waals surface area contributed by atoms with Crippen molar-refractivity contribution in [2.45, 2.75) is 20.8 Å². The summed E-state index contributed by atoms with van der Waals surface area (Å²) in [5, 5.41) is 8.35. The van der Waals surface area contributed by atoms with Gasteiger partial charge in [-0.15, -0.1) is 0 Å². The summed E-state index contributed by atoms with van der Waals surface area (Å²) in [6.07, 6.45) is 0. The van der Waals surface area contributed by atoms with Gasteiger partial charge in [-0.25, -0.2) is 0 Å². The predicted octanol–water partition coefficient (Wildman–Crippen LogP) is 5.68. The SMILES string of the molecule is CC(=O)O.CCN(CC)CCOc1c(I)cc(C(=O)c2cc3ccccc3o2)cc1I. The normalized spacial score (nSPS) is 10.6. The number of rotatable bonds is 8. The van der Waals surface area contributed by atoms with E-state index in [4.69, 9.17) is 19.1 Å². The van der Waals surface area contributed by atoms with Gasteiger partial charge in [0.05, 0.1) is 7.14 Å². The van der Waals surface area contributed by atoms with Crippen molar-refractivity contribution < 1.29 is 23.8 Å². The molecule has 166 valence electrons. The van der Waals surface area contributed by atoms with E-state index in [0.717, 1.165) is 50.4 Å². The lowest BCUT2D eigenvalue weighted by molar-refractivity contribution is -0.134. The maximum atomic E-state index is 12.9. The fraction of sp³-hybridized carbons (Fsp3) is 0.304. The van der Waals surface area contributed by atoms with Crippen LogP contribution in [0.1, 0.15) is 36.9 Å². The molecule has 1 heterocycles. The topological polar surface area (TPSA) is 80.0 Å². The summed E-state index contributed by atoms with van der Waals surface area (Å²) in [6.45, 7) is 8.92. The summed E-state index contributed by atoms with van der Waals surface area (Å²) in [6, 6.07) is 13.2. The molecule has 0 aliphatic carbocycles. The van der Waals surface area contributed by atoms with Gasteiger partial charge in [0.15, 0.2) is 5.76 Å². The first-order valence-electron chi connectivity index (χ1n) is 9.83. The van der Waals surface area contributed by atoms with Crippen LogP contribution in [0.4, 0.5) is 0 Å². The molecule has 1 aromatic heterocycles. The summed E-state index contributed by atoms with van der Waals surface area (Å²) in [5.74, 6) is 0.249. The molecule has 31 heavy (non-hydrogen) atoms. The zero-order chi connectivity index (χ0) is 23.0. The van der Waals surface area contributed by atoms with Crippen molar-refractivity contribution >= 4 is 67.9 Å². The average molecular weight is 649 g/mol. The molecule has 0 amide bonds. The number of fused-ring (bicyclic) bond motifs is 1. The number of halogens is 2. The Hall–Kier alpha value is -1.66. The van der Waals surface area contributed by atoms with Gasteiger partial charge in [0.1, 0.15) is 17.9 Å². The highest BCUT2D eigenvalue weighted by molar-refractivity contribution is 14.1. The molecule has 0 saturated heterocycles. The minimum absolute atomic E-state index is 0.114. The zero-order valence-corrected chi connectivity index (χ0v) is 22.0. The summed E-state index contributed by atoms with van der Waals surface area (Å²) in [4.78, 5) is 24.2. The molecule has 1 N–H and O–H groups in total. The Balaban J connectivity index is 0.000000785. The lowest BCUT2D eigenvalue weighted by atomic mass is 10.1. The van der Waals surface area contributed by atoms with E-state index in [9.17, 15) is 4.79 Å². The highest BCUT2D eigenvalue weighted by Crippen LogP contribution is 2.30. The Labute approximate surface area is 209 Å². The van der Waals surface area contributed by atoms with E-state index in [1.165, 1.54) is 0 Å². The van der Waals surface area contributed by atoms with Crippen molar-refractivity contribution in [1.82, 2.24) is 4.90 Å². The van der Waals surface area contributed by atoms with Crippen molar-refractivity contribution in [3.63, 3.8) is 0 Å². The number of carboxylic acid groups (broad SMARTS) is 1. The maximum absolute atomic E-state index is 12.9. The number of furan rings is 1. The van der Waals surface area contributed by atoms with E-state index in [0.29, 0.717) is 17.9 Å². The van der Waals surface area contributed by atoms with Gasteiger partial charge in [-0.2, -0.15) is 0 Å². The van der Waals surface area contributed by atoms with Crippen LogP contribution in [0.25, 0.3) is 11.0 Å². The average Bonchev–Trinajstić information content (AvgIpc) is 3.16. The van der Waals surface area contributed by atoms with Gasteiger partial charge in [-0.1, -0.05) is 32.0 Å². The van der Waals surface area contributed by atoms with E-state index in [1.807, 2.05) is 36.4 Å². The number of carbonyl (C=O) groups is 2.